The van der Waals surface area contributed by atoms with Crippen molar-refractivity contribution in [2.75, 3.05) is 12.0 Å². The fraction of sp³-hybridized carbons (Fsp3) is 0.412. The van der Waals surface area contributed by atoms with Gasteiger partial charge >= 0.3 is 5.69 Å². The Kier molecular flexibility index (Phi) is 4.09. The van der Waals surface area contributed by atoms with E-state index in [1.807, 2.05) is 31.2 Å². The van der Waals surface area contributed by atoms with Crippen LogP contribution in [0.4, 0.5) is 5.82 Å². The normalized spacial score (nSPS) is 18.1. The lowest BCUT2D eigenvalue weighted by atomic mass is 10.1. The minimum Gasteiger partial charge on any atom is -0.324 e. The molecule has 1 aliphatic rings. The molecule has 0 fully saturated rings. The van der Waals surface area contributed by atoms with E-state index >= 15 is 0 Å². The van der Waals surface area contributed by atoms with Crippen LogP contribution >= 0.6 is 0 Å². The number of benzene rings is 1. The van der Waals surface area contributed by atoms with E-state index in [-0.39, 0.29) is 5.56 Å². The number of para-hydroxylation sites is 1. The molecule has 0 saturated heterocycles. The largest absolute Gasteiger partial charge is 0.334 e. The van der Waals surface area contributed by atoms with Crippen LogP contribution in [0.5, 0.6) is 0 Å². The van der Waals surface area contributed by atoms with Gasteiger partial charge in [-0.05, 0) is 31.9 Å². The quantitative estimate of drug-likeness (QED) is 0.768. The van der Waals surface area contributed by atoms with Gasteiger partial charge < -0.3 is 10.2 Å². The molecule has 122 valence electrons. The molecule has 1 aromatic heterocycles. The predicted molar refractivity (Wildman–Crippen MR) is 90.3 cm³/mol. The third-order valence-electron chi connectivity index (χ3n) is 4.76. The lowest BCUT2D eigenvalue weighted by Gasteiger charge is -2.31. The SMILES string of the molecule is CC[C@@H](C)[NH+]1CNc2c(c(=O)[nH]c(=O)n2-c2ccccc2C)C1. The zero-order chi connectivity index (χ0) is 16.6. The number of fused-ring (bicyclic) bond motifs is 1. The molecule has 3 rings (SSSR count). The van der Waals surface area contributed by atoms with Crippen LogP contribution in [0.25, 0.3) is 5.69 Å². The smallest absolute Gasteiger partial charge is 0.324 e. The topological polar surface area (TPSA) is 71.3 Å². The number of hydrogen-bond donors (Lipinski definition) is 3. The maximum absolute atomic E-state index is 12.4. The molecule has 0 radical (unpaired) electrons. The van der Waals surface area contributed by atoms with Crippen molar-refractivity contribution >= 4 is 5.82 Å². The third kappa shape index (κ3) is 2.70. The third-order valence-corrected chi connectivity index (χ3v) is 4.76. The van der Waals surface area contributed by atoms with Gasteiger partial charge in [-0.2, -0.15) is 0 Å². The molecule has 0 saturated carbocycles. The van der Waals surface area contributed by atoms with Crippen molar-refractivity contribution in [2.24, 2.45) is 0 Å². The molecule has 3 N–H and O–H groups in total. The highest BCUT2D eigenvalue weighted by molar-refractivity contribution is 5.53. The minimum atomic E-state index is -0.400. The molecule has 1 unspecified atom stereocenters. The fourth-order valence-corrected chi connectivity index (χ4v) is 3.09. The molecule has 6 nitrogen and oxygen atoms in total. The number of rotatable bonds is 3. The lowest BCUT2D eigenvalue weighted by molar-refractivity contribution is -0.935. The highest BCUT2D eigenvalue weighted by Crippen LogP contribution is 2.19. The van der Waals surface area contributed by atoms with Crippen molar-refractivity contribution in [1.82, 2.24) is 9.55 Å². The molecule has 0 bridgehead atoms. The Bertz CT molecular complexity index is 837. The molecule has 2 aromatic rings. The number of aromatic nitrogens is 2. The van der Waals surface area contributed by atoms with Crippen LogP contribution in [0.2, 0.25) is 0 Å². The Balaban J connectivity index is 2.17. The summed E-state index contributed by atoms with van der Waals surface area (Å²) in [4.78, 5) is 28.5. The van der Waals surface area contributed by atoms with Crippen molar-refractivity contribution in [3.63, 3.8) is 0 Å². The zero-order valence-corrected chi connectivity index (χ0v) is 13.8. The predicted octanol–water partition coefficient (Wildman–Crippen LogP) is 0.401. The summed E-state index contributed by atoms with van der Waals surface area (Å²) in [6, 6.07) is 8.13. The zero-order valence-electron chi connectivity index (χ0n) is 13.8. The fourth-order valence-electron chi connectivity index (χ4n) is 3.09. The number of nitrogens with zero attached hydrogens (tertiary/aromatic N) is 1. The van der Waals surface area contributed by atoms with Gasteiger partial charge in [0.05, 0.1) is 11.7 Å². The van der Waals surface area contributed by atoms with Crippen LogP contribution in [0.15, 0.2) is 33.9 Å². The number of H-pyrrole nitrogens is 1. The molecular formula is C17H23N4O2+. The van der Waals surface area contributed by atoms with Gasteiger partial charge in [-0.25, -0.2) is 9.36 Å². The number of aryl methyl sites for hydroxylation is 1. The van der Waals surface area contributed by atoms with Gasteiger partial charge in [0.15, 0.2) is 6.67 Å². The van der Waals surface area contributed by atoms with Crippen molar-refractivity contribution < 1.29 is 4.90 Å². The van der Waals surface area contributed by atoms with Gasteiger partial charge in [0.2, 0.25) is 0 Å². The van der Waals surface area contributed by atoms with E-state index in [9.17, 15) is 9.59 Å². The summed E-state index contributed by atoms with van der Waals surface area (Å²) in [5.74, 6) is 0.625. The van der Waals surface area contributed by atoms with Crippen molar-refractivity contribution in [3.05, 3.63) is 56.2 Å². The van der Waals surface area contributed by atoms with E-state index in [1.54, 1.807) is 4.57 Å². The standard InChI is InChI=1S/C17H22N4O2/c1-4-12(3)20-9-13-15(18-10-20)21(17(23)19-16(13)22)14-8-6-5-7-11(14)2/h5-8,12,18H,4,9-10H2,1-3H3,(H,19,22,23)/p+1/t12-/m1/s1. The summed E-state index contributed by atoms with van der Waals surface area (Å²) in [6.07, 6.45) is 1.04. The summed E-state index contributed by atoms with van der Waals surface area (Å²) >= 11 is 0. The van der Waals surface area contributed by atoms with E-state index in [0.717, 1.165) is 17.7 Å². The minimum absolute atomic E-state index is 0.289. The first kappa shape index (κ1) is 15.6. The number of aromatic amines is 1. The molecule has 0 aliphatic carbocycles. The highest BCUT2D eigenvalue weighted by atomic mass is 16.2. The van der Waals surface area contributed by atoms with Gasteiger partial charge in [0.25, 0.3) is 5.56 Å². The van der Waals surface area contributed by atoms with Gasteiger partial charge in [0.1, 0.15) is 17.9 Å². The number of hydrogen-bond acceptors (Lipinski definition) is 3. The van der Waals surface area contributed by atoms with Crippen LogP contribution in [0.1, 0.15) is 31.4 Å². The van der Waals surface area contributed by atoms with E-state index in [4.69, 9.17) is 0 Å². The van der Waals surface area contributed by atoms with Crippen molar-refractivity contribution in [3.8, 4) is 5.69 Å². The van der Waals surface area contributed by atoms with Gasteiger partial charge in [0, 0.05) is 0 Å². The first-order valence-electron chi connectivity index (χ1n) is 8.05. The monoisotopic (exact) mass is 315 g/mol. The van der Waals surface area contributed by atoms with Crippen LogP contribution in [-0.4, -0.2) is 22.3 Å². The van der Waals surface area contributed by atoms with Crippen LogP contribution in [0, 0.1) is 6.92 Å². The molecule has 23 heavy (non-hydrogen) atoms. The van der Waals surface area contributed by atoms with Crippen LogP contribution in [-0.2, 0) is 6.54 Å². The van der Waals surface area contributed by atoms with E-state index in [1.165, 1.54) is 4.90 Å². The Hall–Kier alpha value is -2.34. The van der Waals surface area contributed by atoms with E-state index < -0.39 is 5.69 Å². The highest BCUT2D eigenvalue weighted by Gasteiger charge is 2.28. The molecular weight excluding hydrogens is 292 g/mol. The average Bonchev–Trinajstić information content (AvgIpc) is 2.55. The van der Waals surface area contributed by atoms with Crippen molar-refractivity contribution in [1.29, 1.82) is 0 Å². The van der Waals surface area contributed by atoms with Crippen molar-refractivity contribution in [2.45, 2.75) is 39.8 Å². The number of quaternary nitrogens is 1. The Morgan fingerprint density at radius 2 is 2.04 bits per heavy atom. The van der Waals surface area contributed by atoms with Crippen LogP contribution < -0.4 is 21.5 Å². The Morgan fingerprint density at radius 3 is 2.74 bits per heavy atom. The van der Waals surface area contributed by atoms with Gasteiger partial charge in [-0.3, -0.25) is 9.78 Å². The first-order chi connectivity index (χ1) is 11.0. The van der Waals surface area contributed by atoms with Gasteiger partial charge in [-0.15, -0.1) is 0 Å². The molecule has 1 aromatic carbocycles. The van der Waals surface area contributed by atoms with Gasteiger partial charge in [-0.1, -0.05) is 25.1 Å². The molecule has 2 heterocycles. The second-order valence-electron chi connectivity index (χ2n) is 6.21. The number of anilines is 1. The summed E-state index contributed by atoms with van der Waals surface area (Å²) in [6.45, 7) is 7.60. The maximum atomic E-state index is 12.4. The maximum Gasteiger partial charge on any atom is 0.334 e. The molecule has 2 atom stereocenters. The summed E-state index contributed by atoms with van der Waals surface area (Å²) < 4.78 is 1.58. The molecule has 1 aliphatic heterocycles. The van der Waals surface area contributed by atoms with E-state index in [2.05, 4.69) is 24.1 Å². The Morgan fingerprint density at radius 1 is 1.30 bits per heavy atom. The molecule has 0 spiro atoms. The summed E-state index contributed by atoms with van der Waals surface area (Å²) in [5.41, 5.74) is 1.74. The number of nitrogens with one attached hydrogen (secondary N) is 3. The molecule has 6 heteroatoms. The van der Waals surface area contributed by atoms with Crippen LogP contribution in [0.3, 0.4) is 0 Å². The first-order valence-corrected chi connectivity index (χ1v) is 8.05. The average molecular weight is 315 g/mol. The Labute approximate surface area is 134 Å². The summed E-state index contributed by atoms with van der Waals surface area (Å²) in [5, 5.41) is 3.31. The molecule has 0 amide bonds. The van der Waals surface area contributed by atoms with E-state index in [0.29, 0.717) is 30.6 Å². The summed E-state index contributed by atoms with van der Waals surface area (Å²) in [7, 11) is 0. The second kappa shape index (κ2) is 6.04. The second-order valence-corrected chi connectivity index (χ2v) is 6.21. The lowest BCUT2D eigenvalue weighted by Crippen LogP contribution is -3.16.